The third-order valence-electron chi connectivity index (χ3n) is 4.04. The highest BCUT2D eigenvalue weighted by molar-refractivity contribution is 9.10. The fourth-order valence-corrected chi connectivity index (χ4v) is 3.12. The molecule has 0 aliphatic carbocycles. The van der Waals surface area contributed by atoms with Gasteiger partial charge in [0.25, 0.3) is 5.91 Å². The molecule has 1 aliphatic rings. The van der Waals surface area contributed by atoms with Crippen LogP contribution < -0.4 is 16.0 Å². The number of halogens is 1. The predicted octanol–water partition coefficient (Wildman–Crippen LogP) is 1.80. The van der Waals surface area contributed by atoms with Crippen LogP contribution in [0.5, 0.6) is 0 Å². The number of rotatable bonds is 4. The van der Waals surface area contributed by atoms with Gasteiger partial charge in [0.1, 0.15) is 0 Å². The van der Waals surface area contributed by atoms with E-state index in [1.54, 1.807) is 0 Å². The number of nitrogen functional groups attached to an aromatic ring is 1. The molecule has 1 aliphatic heterocycles. The number of nitrogens with zero attached hydrogens (tertiary/aromatic N) is 3. The van der Waals surface area contributed by atoms with E-state index in [1.807, 2.05) is 24.3 Å². The van der Waals surface area contributed by atoms with E-state index in [9.17, 15) is 4.79 Å². The summed E-state index contributed by atoms with van der Waals surface area (Å²) in [7, 11) is 0. The summed E-state index contributed by atoms with van der Waals surface area (Å²) < 4.78 is 0.907. The summed E-state index contributed by atoms with van der Waals surface area (Å²) in [5, 5.41) is 9.70. The van der Waals surface area contributed by atoms with Gasteiger partial charge in [0.15, 0.2) is 0 Å². The smallest absolute Gasteiger partial charge is 0.251 e. The van der Waals surface area contributed by atoms with E-state index in [-0.39, 0.29) is 11.9 Å². The van der Waals surface area contributed by atoms with Crippen molar-refractivity contribution in [2.75, 3.05) is 30.3 Å². The first-order valence-electron chi connectivity index (χ1n) is 7.58. The van der Waals surface area contributed by atoms with Gasteiger partial charge in [-0.15, -0.1) is 5.10 Å². The maximum atomic E-state index is 12.1. The molecule has 8 heteroatoms. The number of carbonyl (C=O) groups is 1. The summed E-state index contributed by atoms with van der Waals surface area (Å²) in [6.45, 7) is 2.45. The number of aromatic amines is 1. The normalized spacial score (nSPS) is 15.6. The van der Waals surface area contributed by atoms with E-state index in [1.165, 1.54) is 0 Å². The van der Waals surface area contributed by atoms with Crippen molar-refractivity contribution in [1.82, 2.24) is 20.5 Å². The third kappa shape index (κ3) is 4.01. The van der Waals surface area contributed by atoms with Gasteiger partial charge in [-0.3, -0.25) is 4.79 Å². The minimum Gasteiger partial charge on any atom is -0.366 e. The average Bonchev–Trinajstić information content (AvgIpc) is 2.99. The van der Waals surface area contributed by atoms with Crippen molar-refractivity contribution in [2.24, 2.45) is 5.92 Å². The van der Waals surface area contributed by atoms with Crippen molar-refractivity contribution in [3.05, 3.63) is 34.3 Å². The van der Waals surface area contributed by atoms with Crippen molar-refractivity contribution in [1.29, 1.82) is 0 Å². The van der Waals surface area contributed by atoms with Gasteiger partial charge in [0.2, 0.25) is 11.9 Å². The van der Waals surface area contributed by atoms with Gasteiger partial charge in [0, 0.05) is 29.7 Å². The zero-order valence-electron chi connectivity index (χ0n) is 12.6. The topological polar surface area (TPSA) is 99.9 Å². The Bertz CT molecular complexity index is 680. The number of benzene rings is 1. The minimum atomic E-state index is -0.0308. The Labute approximate surface area is 142 Å². The molecule has 0 radical (unpaired) electrons. The molecule has 1 aromatic carbocycles. The van der Waals surface area contributed by atoms with E-state index in [0.29, 0.717) is 18.0 Å². The summed E-state index contributed by atoms with van der Waals surface area (Å²) in [6, 6.07) is 7.41. The molecule has 1 aromatic heterocycles. The van der Waals surface area contributed by atoms with E-state index in [0.717, 1.165) is 36.4 Å². The molecular formula is C15H19BrN6O. The number of aromatic nitrogens is 3. The van der Waals surface area contributed by atoms with Crippen LogP contribution in [-0.4, -0.2) is 40.7 Å². The Hall–Kier alpha value is -2.09. The molecule has 0 spiro atoms. The molecule has 4 N–H and O–H groups in total. The van der Waals surface area contributed by atoms with Gasteiger partial charge < -0.3 is 16.0 Å². The lowest BCUT2D eigenvalue weighted by Crippen LogP contribution is -2.39. The maximum absolute atomic E-state index is 12.1. The molecule has 3 rings (SSSR count). The minimum absolute atomic E-state index is 0.0308. The average molecular weight is 379 g/mol. The molecule has 0 bridgehead atoms. The highest BCUT2D eigenvalue weighted by atomic mass is 79.9. The second-order valence-electron chi connectivity index (χ2n) is 5.67. The largest absolute Gasteiger partial charge is 0.366 e. The van der Waals surface area contributed by atoms with E-state index in [4.69, 9.17) is 5.73 Å². The quantitative estimate of drug-likeness (QED) is 0.752. The first-order valence-corrected chi connectivity index (χ1v) is 8.37. The van der Waals surface area contributed by atoms with Crippen LogP contribution >= 0.6 is 15.9 Å². The lowest BCUT2D eigenvalue weighted by molar-refractivity contribution is 0.0945. The number of hydrogen-bond donors (Lipinski definition) is 3. The van der Waals surface area contributed by atoms with Crippen LogP contribution in [0.1, 0.15) is 23.2 Å². The number of nitrogens with one attached hydrogen (secondary N) is 2. The third-order valence-corrected chi connectivity index (χ3v) is 4.54. The Balaban J connectivity index is 1.46. The fourth-order valence-electron chi connectivity index (χ4n) is 2.72. The summed E-state index contributed by atoms with van der Waals surface area (Å²) >= 11 is 3.38. The summed E-state index contributed by atoms with van der Waals surface area (Å²) in [5.41, 5.74) is 6.20. The molecule has 1 saturated heterocycles. The summed E-state index contributed by atoms with van der Waals surface area (Å²) in [5.74, 6) is 1.43. The van der Waals surface area contributed by atoms with Crippen LogP contribution in [0.3, 0.4) is 0 Å². The first kappa shape index (κ1) is 15.8. The SMILES string of the molecule is Nc1n[nH]c(N2CCC(CNC(=O)c3cccc(Br)c3)CC2)n1. The monoisotopic (exact) mass is 378 g/mol. The standard InChI is InChI=1S/C15H19BrN6O/c16-12-3-1-2-11(8-12)13(23)18-9-10-4-6-22(7-5-10)15-19-14(17)20-21-15/h1-3,8,10H,4-7,9H2,(H,18,23)(H3,17,19,20,21). The molecule has 1 amide bonds. The first-order chi connectivity index (χ1) is 11.1. The fraction of sp³-hybridized carbons (Fsp3) is 0.400. The zero-order chi connectivity index (χ0) is 16.2. The van der Waals surface area contributed by atoms with Crippen molar-refractivity contribution >= 4 is 33.7 Å². The Morgan fingerprint density at radius 1 is 1.43 bits per heavy atom. The number of piperidine rings is 1. The Kier molecular flexibility index (Phi) is 4.80. The number of nitrogens with two attached hydrogens (primary N) is 1. The highest BCUT2D eigenvalue weighted by Crippen LogP contribution is 2.20. The van der Waals surface area contributed by atoms with Gasteiger partial charge in [-0.25, -0.2) is 5.10 Å². The molecule has 0 saturated carbocycles. The zero-order valence-corrected chi connectivity index (χ0v) is 14.2. The van der Waals surface area contributed by atoms with Crippen molar-refractivity contribution in [3.63, 3.8) is 0 Å². The van der Waals surface area contributed by atoms with Crippen LogP contribution in [0, 0.1) is 5.92 Å². The molecular weight excluding hydrogens is 360 g/mol. The number of anilines is 2. The number of hydrogen-bond acceptors (Lipinski definition) is 5. The lowest BCUT2D eigenvalue weighted by Gasteiger charge is -2.31. The van der Waals surface area contributed by atoms with Crippen LogP contribution in [0.4, 0.5) is 11.9 Å². The molecule has 1 fully saturated rings. The molecule has 122 valence electrons. The molecule has 0 atom stereocenters. The number of H-pyrrole nitrogens is 1. The van der Waals surface area contributed by atoms with Gasteiger partial charge in [0.05, 0.1) is 0 Å². The van der Waals surface area contributed by atoms with Gasteiger partial charge in [-0.2, -0.15) is 4.98 Å². The maximum Gasteiger partial charge on any atom is 0.251 e. The summed E-state index contributed by atoms with van der Waals surface area (Å²) in [4.78, 5) is 18.4. The molecule has 23 heavy (non-hydrogen) atoms. The molecule has 2 heterocycles. The number of amides is 1. The molecule has 7 nitrogen and oxygen atoms in total. The Morgan fingerprint density at radius 2 is 2.22 bits per heavy atom. The molecule has 2 aromatic rings. The second-order valence-corrected chi connectivity index (χ2v) is 6.58. The second kappa shape index (κ2) is 6.99. The Morgan fingerprint density at radius 3 is 2.87 bits per heavy atom. The lowest BCUT2D eigenvalue weighted by atomic mass is 9.97. The number of carbonyl (C=O) groups excluding carboxylic acids is 1. The van der Waals surface area contributed by atoms with Crippen LogP contribution in [-0.2, 0) is 0 Å². The van der Waals surface area contributed by atoms with E-state index in [2.05, 4.69) is 41.3 Å². The van der Waals surface area contributed by atoms with Gasteiger partial charge in [-0.05, 0) is 37.0 Å². The van der Waals surface area contributed by atoms with Crippen molar-refractivity contribution < 1.29 is 4.79 Å². The van der Waals surface area contributed by atoms with Crippen LogP contribution in [0.15, 0.2) is 28.7 Å². The van der Waals surface area contributed by atoms with Crippen molar-refractivity contribution in [3.8, 4) is 0 Å². The van der Waals surface area contributed by atoms with Crippen LogP contribution in [0.25, 0.3) is 0 Å². The van der Waals surface area contributed by atoms with Crippen LogP contribution in [0.2, 0.25) is 0 Å². The summed E-state index contributed by atoms with van der Waals surface area (Å²) in [6.07, 6.45) is 2.00. The van der Waals surface area contributed by atoms with Crippen molar-refractivity contribution in [2.45, 2.75) is 12.8 Å². The predicted molar refractivity (Wildman–Crippen MR) is 92.2 cm³/mol. The molecule has 0 unspecified atom stereocenters. The van der Waals surface area contributed by atoms with E-state index < -0.39 is 0 Å². The van der Waals surface area contributed by atoms with Gasteiger partial charge >= 0.3 is 0 Å². The van der Waals surface area contributed by atoms with E-state index >= 15 is 0 Å². The van der Waals surface area contributed by atoms with Gasteiger partial charge in [-0.1, -0.05) is 22.0 Å². The highest BCUT2D eigenvalue weighted by Gasteiger charge is 2.22.